The van der Waals surface area contributed by atoms with Crippen LogP contribution in [0, 0.1) is 0 Å². The van der Waals surface area contributed by atoms with Gasteiger partial charge in [-0.1, -0.05) is 6.92 Å². The van der Waals surface area contributed by atoms with Crippen molar-refractivity contribution in [2.75, 3.05) is 44.4 Å². The van der Waals surface area contributed by atoms with Crippen LogP contribution in [0.25, 0.3) is 0 Å². The average Bonchev–Trinajstić information content (AvgIpc) is 2.80. The highest BCUT2D eigenvalue weighted by Crippen LogP contribution is 2.27. The summed E-state index contributed by atoms with van der Waals surface area (Å²) >= 11 is 0. The standard InChI is InChI=1S/C13H20F4N2O4S/c1-2-18-3-4-19(10-7-24(21,22)6-9(10)18)11(20)5-23-8-13(16,17)12(14)15/h9-10,12H,2-8H2,1H3/t9-,10+/m1/s1. The van der Waals surface area contributed by atoms with Gasteiger partial charge in [-0.05, 0) is 6.54 Å². The lowest BCUT2D eigenvalue weighted by Crippen LogP contribution is -2.61. The fraction of sp³-hybridized carbons (Fsp3) is 0.923. The van der Waals surface area contributed by atoms with Crippen molar-refractivity contribution in [2.45, 2.75) is 31.4 Å². The molecule has 6 nitrogen and oxygen atoms in total. The van der Waals surface area contributed by atoms with Gasteiger partial charge in [0, 0.05) is 19.1 Å². The normalized spacial score (nSPS) is 27.5. The van der Waals surface area contributed by atoms with Crippen LogP contribution in [0.5, 0.6) is 0 Å². The van der Waals surface area contributed by atoms with Gasteiger partial charge in [0.2, 0.25) is 5.91 Å². The first kappa shape index (κ1) is 19.4. The quantitative estimate of drug-likeness (QED) is 0.621. The van der Waals surface area contributed by atoms with Gasteiger partial charge in [-0.25, -0.2) is 17.2 Å². The van der Waals surface area contributed by atoms with Crippen molar-refractivity contribution in [3.8, 4) is 0 Å². The number of halogens is 4. The van der Waals surface area contributed by atoms with E-state index >= 15 is 0 Å². The van der Waals surface area contributed by atoms with E-state index in [1.807, 2.05) is 11.8 Å². The van der Waals surface area contributed by atoms with Crippen LogP contribution >= 0.6 is 0 Å². The van der Waals surface area contributed by atoms with Crippen LogP contribution in [-0.2, 0) is 19.4 Å². The molecule has 2 atom stereocenters. The molecular weight excluding hydrogens is 356 g/mol. The van der Waals surface area contributed by atoms with Crippen LogP contribution in [0.1, 0.15) is 6.92 Å². The maximum Gasteiger partial charge on any atom is 0.330 e. The first-order chi connectivity index (χ1) is 11.1. The minimum atomic E-state index is -4.32. The molecule has 0 bridgehead atoms. The number of ether oxygens (including phenoxy) is 1. The molecule has 2 saturated heterocycles. The van der Waals surface area contributed by atoms with Crippen LogP contribution in [0.15, 0.2) is 0 Å². The van der Waals surface area contributed by atoms with E-state index in [0.29, 0.717) is 13.1 Å². The van der Waals surface area contributed by atoms with E-state index in [2.05, 4.69) is 4.74 Å². The summed E-state index contributed by atoms with van der Waals surface area (Å²) < 4.78 is 77.8. The Labute approximate surface area is 137 Å². The van der Waals surface area contributed by atoms with Gasteiger partial charge in [0.05, 0.1) is 17.5 Å². The number of sulfone groups is 1. The molecule has 0 aromatic rings. The lowest BCUT2D eigenvalue weighted by atomic mass is 10.0. The molecule has 0 spiro atoms. The van der Waals surface area contributed by atoms with Gasteiger partial charge in [0.15, 0.2) is 9.84 Å². The van der Waals surface area contributed by atoms with Crippen molar-refractivity contribution < 1.29 is 35.5 Å². The summed E-state index contributed by atoms with van der Waals surface area (Å²) in [4.78, 5) is 15.4. The Hall–Kier alpha value is -0.940. The van der Waals surface area contributed by atoms with Crippen molar-refractivity contribution in [3.63, 3.8) is 0 Å². The third kappa shape index (κ3) is 4.17. The van der Waals surface area contributed by atoms with Gasteiger partial charge in [-0.15, -0.1) is 0 Å². The van der Waals surface area contributed by atoms with Gasteiger partial charge in [0.25, 0.3) is 0 Å². The number of fused-ring (bicyclic) bond motifs is 1. The highest BCUT2D eigenvalue weighted by atomic mass is 32.2. The molecule has 11 heteroatoms. The predicted molar refractivity (Wildman–Crippen MR) is 77.0 cm³/mol. The maximum atomic E-state index is 12.8. The third-order valence-electron chi connectivity index (χ3n) is 4.36. The zero-order valence-electron chi connectivity index (χ0n) is 13.1. The smallest absolute Gasteiger partial charge is 0.330 e. The Kier molecular flexibility index (Phi) is 5.75. The number of rotatable bonds is 6. The molecule has 0 aromatic heterocycles. The van der Waals surface area contributed by atoms with Crippen molar-refractivity contribution in [1.29, 1.82) is 0 Å². The Morgan fingerprint density at radius 1 is 1.25 bits per heavy atom. The molecule has 0 unspecified atom stereocenters. The second kappa shape index (κ2) is 7.12. The van der Waals surface area contributed by atoms with Gasteiger partial charge in [-0.2, -0.15) is 8.78 Å². The van der Waals surface area contributed by atoms with Crippen LogP contribution in [0.3, 0.4) is 0 Å². The van der Waals surface area contributed by atoms with Crippen LogP contribution in [-0.4, -0.2) is 92.9 Å². The van der Waals surface area contributed by atoms with Crippen molar-refractivity contribution >= 4 is 15.7 Å². The monoisotopic (exact) mass is 376 g/mol. The number of piperazine rings is 1. The van der Waals surface area contributed by atoms with E-state index in [1.165, 1.54) is 4.90 Å². The van der Waals surface area contributed by atoms with E-state index < -0.39 is 47.3 Å². The number of amides is 1. The Morgan fingerprint density at radius 3 is 2.46 bits per heavy atom. The molecule has 0 aromatic carbocycles. The van der Waals surface area contributed by atoms with Gasteiger partial charge < -0.3 is 9.64 Å². The SMILES string of the molecule is CCN1CCN(C(=O)COCC(F)(F)C(F)F)[C@H]2CS(=O)(=O)C[C@H]21. The molecule has 2 aliphatic heterocycles. The summed E-state index contributed by atoms with van der Waals surface area (Å²) in [6.07, 6.45) is -3.87. The first-order valence-electron chi connectivity index (χ1n) is 7.55. The molecule has 0 radical (unpaired) electrons. The summed E-state index contributed by atoms with van der Waals surface area (Å²) in [6, 6.07) is -0.893. The van der Waals surface area contributed by atoms with Crippen LogP contribution < -0.4 is 0 Å². The topological polar surface area (TPSA) is 66.9 Å². The maximum absolute atomic E-state index is 12.8. The molecule has 0 saturated carbocycles. The number of carbonyl (C=O) groups excluding carboxylic acids is 1. The van der Waals surface area contributed by atoms with Gasteiger partial charge >= 0.3 is 12.3 Å². The molecule has 2 heterocycles. The van der Waals surface area contributed by atoms with Gasteiger partial charge in [-0.3, -0.25) is 9.69 Å². The molecule has 0 N–H and O–H groups in total. The number of hydrogen-bond donors (Lipinski definition) is 0. The molecule has 1 amide bonds. The minimum absolute atomic E-state index is 0.0560. The number of alkyl halides is 4. The van der Waals surface area contributed by atoms with E-state index in [4.69, 9.17) is 0 Å². The zero-order valence-corrected chi connectivity index (χ0v) is 13.9. The first-order valence-corrected chi connectivity index (χ1v) is 9.37. The van der Waals surface area contributed by atoms with Crippen molar-refractivity contribution in [3.05, 3.63) is 0 Å². The second-order valence-electron chi connectivity index (χ2n) is 5.98. The number of nitrogens with zero attached hydrogens (tertiary/aromatic N) is 2. The lowest BCUT2D eigenvalue weighted by molar-refractivity contribution is -0.172. The minimum Gasteiger partial charge on any atom is -0.365 e. The van der Waals surface area contributed by atoms with Crippen LogP contribution in [0.2, 0.25) is 0 Å². The predicted octanol–water partition coefficient (Wildman–Crippen LogP) is 0.233. The summed E-state index contributed by atoms with van der Waals surface area (Å²) in [5.41, 5.74) is 0. The van der Waals surface area contributed by atoms with Crippen molar-refractivity contribution in [2.24, 2.45) is 0 Å². The van der Waals surface area contributed by atoms with E-state index in [1.54, 1.807) is 0 Å². The molecule has 2 rings (SSSR count). The van der Waals surface area contributed by atoms with Gasteiger partial charge in [0.1, 0.15) is 13.2 Å². The fourth-order valence-corrected chi connectivity index (χ4v) is 5.16. The Morgan fingerprint density at radius 2 is 1.88 bits per heavy atom. The average molecular weight is 376 g/mol. The van der Waals surface area contributed by atoms with Crippen molar-refractivity contribution in [1.82, 2.24) is 9.80 Å². The number of hydrogen-bond acceptors (Lipinski definition) is 5. The molecule has 0 aliphatic carbocycles. The molecular formula is C13H20F4N2O4S. The van der Waals surface area contributed by atoms with E-state index in [0.717, 1.165) is 0 Å². The summed E-state index contributed by atoms with van der Waals surface area (Å²) in [6.45, 7) is 0.893. The largest absolute Gasteiger partial charge is 0.365 e. The molecule has 2 aliphatic rings. The fourth-order valence-electron chi connectivity index (χ4n) is 3.15. The van der Waals surface area contributed by atoms with E-state index in [9.17, 15) is 30.8 Å². The highest BCUT2D eigenvalue weighted by molar-refractivity contribution is 7.91. The number of likely N-dealkylation sites (N-methyl/N-ethyl adjacent to an activating group) is 1. The molecule has 24 heavy (non-hydrogen) atoms. The summed E-state index contributed by atoms with van der Waals surface area (Å²) in [7, 11) is -3.29. The molecule has 2 fully saturated rings. The summed E-state index contributed by atoms with van der Waals surface area (Å²) in [5, 5.41) is 0. The van der Waals surface area contributed by atoms with E-state index in [-0.39, 0.29) is 24.1 Å². The van der Waals surface area contributed by atoms with Crippen LogP contribution in [0.4, 0.5) is 17.6 Å². The third-order valence-corrected chi connectivity index (χ3v) is 6.06. The lowest BCUT2D eigenvalue weighted by Gasteiger charge is -2.43. The highest BCUT2D eigenvalue weighted by Gasteiger charge is 2.47. The Bertz CT molecular complexity index is 572. The zero-order chi connectivity index (χ0) is 18.1. The second-order valence-corrected chi connectivity index (χ2v) is 8.14. The number of carbonyl (C=O) groups is 1. The summed E-state index contributed by atoms with van der Waals surface area (Å²) in [5.74, 6) is -5.23. The Balaban J connectivity index is 1.97. The molecule has 140 valence electrons.